The Morgan fingerprint density at radius 3 is 1.00 bits per heavy atom. The molecule has 0 spiro atoms. The van der Waals surface area contributed by atoms with E-state index in [1.807, 2.05) is 0 Å². The largest absolute Gasteiger partial charge is 0.394 e. The van der Waals surface area contributed by atoms with E-state index in [0.29, 0.717) is 12.8 Å². The molecule has 4 N–H and O–H groups in total. The molecule has 0 radical (unpaired) electrons. The number of unbranched alkanes of at least 4 members (excludes halogenated alkanes) is 16. The van der Waals surface area contributed by atoms with Crippen LogP contribution in [-0.4, -0.2) is 45.7 Å². The molecule has 0 aromatic carbocycles. The second-order valence-corrected chi connectivity index (χ2v) is 9.31. The van der Waals surface area contributed by atoms with E-state index in [1.54, 1.807) is 0 Å². The molecule has 0 aromatic heterocycles. The Kier molecular flexibility index (Phi) is 30.6. The number of hydrogen-bond donors (Lipinski definition) is 4. The van der Waals surface area contributed by atoms with Crippen LogP contribution >= 0.6 is 0 Å². The topological polar surface area (TPSA) is 90.2 Å². The molecule has 0 aliphatic rings. The number of aliphatic hydroxyl groups excluding tert-OH is 4. The van der Waals surface area contributed by atoms with Crippen molar-refractivity contribution >= 4 is 0 Å². The minimum absolute atomic E-state index is 0.139. The van der Waals surface area contributed by atoms with Crippen LogP contribution in [0.4, 0.5) is 0 Å². The van der Waals surface area contributed by atoms with Gasteiger partial charge in [-0.25, -0.2) is 0 Å². The predicted octanol–water partition coefficient (Wildman–Crippen LogP) is 6.84. The van der Waals surface area contributed by atoms with Crippen LogP contribution in [0.1, 0.15) is 149 Å². The van der Waals surface area contributed by atoms with E-state index in [0.717, 1.165) is 25.7 Å². The van der Waals surface area contributed by atoms with Crippen molar-refractivity contribution in [2.75, 3.05) is 6.61 Å². The van der Waals surface area contributed by atoms with Crippen molar-refractivity contribution in [3.63, 3.8) is 0 Å². The Morgan fingerprint density at radius 1 is 0.500 bits per heavy atom. The molecule has 3 atom stereocenters. The quantitative estimate of drug-likeness (QED) is 0.0985. The van der Waals surface area contributed by atoms with E-state index < -0.39 is 18.7 Å². The molecule has 5 heteroatoms. The summed E-state index contributed by atoms with van der Waals surface area (Å²) in [6.45, 7) is 5.89. The highest BCUT2D eigenvalue weighted by Gasteiger charge is 2.11. The highest BCUT2D eigenvalue weighted by atomic mass is 16.7. The van der Waals surface area contributed by atoms with Crippen LogP contribution in [0.25, 0.3) is 0 Å². The van der Waals surface area contributed by atoms with E-state index in [4.69, 9.17) is 14.9 Å². The van der Waals surface area contributed by atoms with Gasteiger partial charge in [-0.3, -0.25) is 0 Å². The zero-order valence-corrected chi connectivity index (χ0v) is 21.8. The third-order valence-corrected chi connectivity index (χ3v) is 5.69. The van der Waals surface area contributed by atoms with Crippen molar-refractivity contribution in [2.45, 2.75) is 168 Å². The zero-order chi connectivity index (χ0) is 24.3. The molecular weight excluding hydrogens is 404 g/mol. The molecule has 0 aliphatic carbocycles. The van der Waals surface area contributed by atoms with Crippen molar-refractivity contribution in [2.24, 2.45) is 0 Å². The average Bonchev–Trinajstić information content (AvgIpc) is 2.77. The van der Waals surface area contributed by atoms with Gasteiger partial charge in [-0.15, -0.1) is 0 Å². The number of rotatable bonds is 23. The van der Waals surface area contributed by atoms with Crippen LogP contribution < -0.4 is 0 Å². The predicted molar refractivity (Wildman–Crippen MR) is 136 cm³/mol. The maximum absolute atomic E-state index is 9.88. The van der Waals surface area contributed by atoms with Gasteiger partial charge in [-0.1, -0.05) is 117 Å². The van der Waals surface area contributed by atoms with Crippen molar-refractivity contribution in [3.05, 3.63) is 0 Å². The summed E-state index contributed by atoms with van der Waals surface area (Å²) in [5.41, 5.74) is 0. The lowest BCUT2D eigenvalue weighted by Gasteiger charge is -2.17. The molecule has 0 saturated carbocycles. The normalized spacial score (nSPS) is 14.0. The van der Waals surface area contributed by atoms with Gasteiger partial charge in [-0.2, -0.15) is 0 Å². The van der Waals surface area contributed by atoms with Gasteiger partial charge in [-0.05, 0) is 32.6 Å². The molecule has 196 valence electrons. The lowest BCUT2D eigenvalue weighted by Crippen LogP contribution is -2.21. The molecule has 32 heavy (non-hydrogen) atoms. The summed E-state index contributed by atoms with van der Waals surface area (Å²) < 4.78 is 5.31. The summed E-state index contributed by atoms with van der Waals surface area (Å²) >= 11 is 0. The van der Waals surface area contributed by atoms with Crippen LogP contribution in [0.15, 0.2) is 0 Å². The highest BCUT2D eigenvalue weighted by molar-refractivity contribution is 4.52. The fraction of sp³-hybridized carbons (Fsp3) is 1.00. The van der Waals surface area contributed by atoms with Crippen molar-refractivity contribution in [1.29, 1.82) is 0 Å². The Hall–Kier alpha value is -0.200. The zero-order valence-electron chi connectivity index (χ0n) is 21.8. The van der Waals surface area contributed by atoms with E-state index in [2.05, 4.69) is 13.8 Å². The second kappa shape index (κ2) is 28.8. The Morgan fingerprint density at radius 2 is 0.750 bits per heavy atom. The van der Waals surface area contributed by atoms with E-state index in [-0.39, 0.29) is 6.61 Å². The standard InChI is InChI=1S/C24H50O3.C3H8O2/c1-3-5-7-9-11-13-15-17-19-21-23(25)27-24(26)22-20-18-16-14-12-10-8-6-4-2;1-3(5)2-4/h23-26H,3-22H2,1-2H3;3-5H,2H2,1H3. The molecule has 0 fully saturated rings. The van der Waals surface area contributed by atoms with Crippen LogP contribution in [0.2, 0.25) is 0 Å². The van der Waals surface area contributed by atoms with Crippen molar-refractivity contribution in [1.82, 2.24) is 0 Å². The number of ether oxygens (including phenoxy) is 1. The maximum Gasteiger partial charge on any atom is 0.157 e. The summed E-state index contributed by atoms with van der Waals surface area (Å²) in [6.07, 6.45) is 22.0. The third kappa shape index (κ3) is 32.0. The van der Waals surface area contributed by atoms with Gasteiger partial charge in [0.1, 0.15) is 0 Å². The van der Waals surface area contributed by atoms with Gasteiger partial charge < -0.3 is 25.2 Å². The fourth-order valence-corrected chi connectivity index (χ4v) is 3.58. The minimum atomic E-state index is -0.803. The maximum atomic E-state index is 9.88. The molecule has 0 bridgehead atoms. The van der Waals surface area contributed by atoms with Crippen LogP contribution in [-0.2, 0) is 4.74 Å². The molecule has 0 aromatic rings. The summed E-state index contributed by atoms with van der Waals surface area (Å²) in [6, 6.07) is 0. The third-order valence-electron chi connectivity index (χ3n) is 5.69. The lowest BCUT2D eigenvalue weighted by molar-refractivity contribution is -0.212. The minimum Gasteiger partial charge on any atom is -0.394 e. The molecule has 0 amide bonds. The van der Waals surface area contributed by atoms with Crippen molar-refractivity contribution in [3.8, 4) is 0 Å². The molecule has 5 nitrogen and oxygen atoms in total. The Bertz CT molecular complexity index is 299. The van der Waals surface area contributed by atoms with Crippen LogP contribution in [0, 0.1) is 0 Å². The van der Waals surface area contributed by atoms with Crippen molar-refractivity contribution < 1.29 is 25.2 Å². The number of aliphatic hydroxyl groups is 4. The first kappa shape index (κ1) is 34.0. The van der Waals surface area contributed by atoms with E-state index in [1.165, 1.54) is 96.8 Å². The van der Waals surface area contributed by atoms with E-state index in [9.17, 15) is 10.2 Å². The summed E-state index contributed by atoms with van der Waals surface area (Å²) in [4.78, 5) is 0. The molecule has 0 heterocycles. The fourth-order valence-electron chi connectivity index (χ4n) is 3.58. The molecule has 0 saturated heterocycles. The second-order valence-electron chi connectivity index (χ2n) is 9.31. The Labute approximate surface area is 200 Å². The van der Waals surface area contributed by atoms with Gasteiger partial charge in [0.25, 0.3) is 0 Å². The first-order valence-corrected chi connectivity index (χ1v) is 13.8. The summed E-state index contributed by atoms with van der Waals surface area (Å²) in [7, 11) is 0. The molecule has 0 aliphatic heterocycles. The van der Waals surface area contributed by atoms with Gasteiger partial charge in [0.2, 0.25) is 0 Å². The van der Waals surface area contributed by atoms with Gasteiger partial charge >= 0.3 is 0 Å². The van der Waals surface area contributed by atoms with Crippen LogP contribution in [0.5, 0.6) is 0 Å². The van der Waals surface area contributed by atoms with Gasteiger partial charge in [0.15, 0.2) is 12.6 Å². The summed E-state index contributed by atoms with van der Waals surface area (Å²) in [5, 5.41) is 35.8. The first-order chi connectivity index (χ1) is 15.5. The first-order valence-electron chi connectivity index (χ1n) is 13.8. The Balaban J connectivity index is 0. The summed E-state index contributed by atoms with van der Waals surface area (Å²) in [5.74, 6) is 0. The van der Waals surface area contributed by atoms with Gasteiger partial charge in [0.05, 0.1) is 12.7 Å². The lowest BCUT2D eigenvalue weighted by atomic mass is 10.1. The smallest absolute Gasteiger partial charge is 0.157 e. The van der Waals surface area contributed by atoms with Gasteiger partial charge in [0, 0.05) is 0 Å². The average molecular weight is 463 g/mol. The van der Waals surface area contributed by atoms with Crippen LogP contribution in [0.3, 0.4) is 0 Å². The van der Waals surface area contributed by atoms with E-state index >= 15 is 0 Å². The number of hydrogen-bond acceptors (Lipinski definition) is 5. The highest BCUT2D eigenvalue weighted by Crippen LogP contribution is 2.15. The molecule has 0 rings (SSSR count). The SMILES string of the molecule is CC(O)CO.CCCCCCCCCCCC(O)OC(O)CCCCCCCCCCC. The molecule has 3 unspecified atom stereocenters. The molecular formula is C27H58O5. The monoisotopic (exact) mass is 462 g/mol.